The number of nitrogens with zero attached hydrogens (tertiary/aromatic N) is 1. The Kier molecular flexibility index (Phi) is 3.47. The van der Waals surface area contributed by atoms with Gasteiger partial charge in [0.2, 0.25) is 0 Å². The Bertz CT molecular complexity index is 496. The fraction of sp³-hybridized carbons (Fsp3) is 0.0769. The fourth-order valence-corrected chi connectivity index (χ4v) is 1.97. The molecule has 1 aromatic carbocycles. The molecule has 0 N–H and O–H groups in total. The Labute approximate surface area is 102 Å². The van der Waals surface area contributed by atoms with E-state index in [4.69, 9.17) is 0 Å². The second-order valence-electron chi connectivity index (χ2n) is 3.44. The van der Waals surface area contributed by atoms with Crippen molar-refractivity contribution in [2.75, 3.05) is 0 Å². The van der Waals surface area contributed by atoms with Crippen LogP contribution >= 0.6 is 15.9 Å². The molecule has 0 fully saturated rings. The zero-order valence-corrected chi connectivity index (χ0v) is 10.1. The molecule has 0 aliphatic rings. The van der Waals surface area contributed by atoms with Gasteiger partial charge in [0.05, 0.1) is 0 Å². The Morgan fingerprint density at radius 2 is 1.81 bits per heavy atom. The Morgan fingerprint density at radius 1 is 1.12 bits per heavy atom. The number of carbonyl (C=O) groups excluding carboxylic acids is 1. The Hall–Kier alpha value is -1.48. The third kappa shape index (κ3) is 2.55. The van der Waals surface area contributed by atoms with Gasteiger partial charge >= 0.3 is 0 Å². The summed E-state index contributed by atoms with van der Waals surface area (Å²) in [7, 11) is 0. The van der Waals surface area contributed by atoms with Crippen LogP contribution in [0, 0.1) is 0 Å². The third-order valence-corrected chi connectivity index (χ3v) is 2.98. The molecule has 0 saturated heterocycles. The molecule has 0 radical (unpaired) electrons. The fourth-order valence-electron chi connectivity index (χ4n) is 1.47. The first-order valence-corrected chi connectivity index (χ1v) is 5.73. The standard InChI is InChI=1S/C13H10BrNO/c14-12-4-2-1-3-11(12)13(16)9-10-5-7-15-8-6-10/h1-8H,9H2. The molecular formula is C13H10BrNO. The Balaban J connectivity index is 2.19. The summed E-state index contributed by atoms with van der Waals surface area (Å²) in [6, 6.07) is 11.2. The van der Waals surface area contributed by atoms with Crippen molar-refractivity contribution in [2.24, 2.45) is 0 Å². The molecule has 0 aliphatic heterocycles. The van der Waals surface area contributed by atoms with Crippen LogP contribution in [0.5, 0.6) is 0 Å². The second-order valence-corrected chi connectivity index (χ2v) is 4.29. The highest BCUT2D eigenvalue weighted by Gasteiger charge is 2.09. The largest absolute Gasteiger partial charge is 0.294 e. The van der Waals surface area contributed by atoms with E-state index in [9.17, 15) is 4.79 Å². The van der Waals surface area contributed by atoms with Crippen molar-refractivity contribution in [3.8, 4) is 0 Å². The molecule has 0 amide bonds. The predicted octanol–water partition coefficient (Wildman–Crippen LogP) is 3.27. The van der Waals surface area contributed by atoms with Crippen LogP contribution in [0.15, 0.2) is 53.3 Å². The molecule has 0 bridgehead atoms. The lowest BCUT2D eigenvalue weighted by Crippen LogP contribution is -2.04. The first-order valence-electron chi connectivity index (χ1n) is 4.94. The number of hydrogen-bond donors (Lipinski definition) is 0. The van der Waals surface area contributed by atoms with Gasteiger partial charge in [-0.05, 0) is 23.8 Å². The maximum absolute atomic E-state index is 12.0. The highest BCUT2D eigenvalue weighted by atomic mass is 79.9. The minimum absolute atomic E-state index is 0.110. The predicted molar refractivity (Wildman–Crippen MR) is 66.4 cm³/mol. The van der Waals surface area contributed by atoms with Gasteiger partial charge in [0.25, 0.3) is 0 Å². The molecule has 0 saturated carbocycles. The first-order chi connectivity index (χ1) is 7.77. The maximum Gasteiger partial charge on any atom is 0.168 e. The highest BCUT2D eigenvalue weighted by Crippen LogP contribution is 2.17. The van der Waals surface area contributed by atoms with E-state index in [0.717, 1.165) is 15.6 Å². The van der Waals surface area contributed by atoms with Gasteiger partial charge in [0.15, 0.2) is 5.78 Å². The third-order valence-electron chi connectivity index (χ3n) is 2.29. The Morgan fingerprint density at radius 3 is 2.50 bits per heavy atom. The van der Waals surface area contributed by atoms with Crippen LogP contribution < -0.4 is 0 Å². The lowest BCUT2D eigenvalue weighted by atomic mass is 10.0. The van der Waals surface area contributed by atoms with Gasteiger partial charge in [-0.15, -0.1) is 0 Å². The number of halogens is 1. The second kappa shape index (κ2) is 5.03. The van der Waals surface area contributed by atoms with Gasteiger partial charge in [-0.1, -0.05) is 34.1 Å². The molecule has 16 heavy (non-hydrogen) atoms. The van der Waals surface area contributed by atoms with Gasteiger partial charge in [-0.25, -0.2) is 0 Å². The van der Waals surface area contributed by atoms with Crippen LogP contribution in [-0.4, -0.2) is 10.8 Å². The lowest BCUT2D eigenvalue weighted by Gasteiger charge is -2.03. The van der Waals surface area contributed by atoms with Crippen LogP contribution in [0.2, 0.25) is 0 Å². The summed E-state index contributed by atoms with van der Waals surface area (Å²) in [5.74, 6) is 0.110. The van der Waals surface area contributed by atoms with Crippen molar-refractivity contribution in [1.29, 1.82) is 0 Å². The van der Waals surface area contributed by atoms with Crippen molar-refractivity contribution < 1.29 is 4.79 Å². The van der Waals surface area contributed by atoms with E-state index in [1.54, 1.807) is 12.4 Å². The smallest absolute Gasteiger partial charge is 0.168 e. The van der Waals surface area contributed by atoms with Gasteiger partial charge in [0.1, 0.15) is 0 Å². The molecular weight excluding hydrogens is 266 g/mol. The van der Waals surface area contributed by atoms with E-state index < -0.39 is 0 Å². The van der Waals surface area contributed by atoms with Crippen LogP contribution in [0.3, 0.4) is 0 Å². The zero-order valence-electron chi connectivity index (χ0n) is 8.56. The van der Waals surface area contributed by atoms with E-state index >= 15 is 0 Å². The SMILES string of the molecule is O=C(Cc1ccncc1)c1ccccc1Br. The summed E-state index contributed by atoms with van der Waals surface area (Å²) in [4.78, 5) is 15.9. The van der Waals surface area contributed by atoms with Crippen LogP contribution in [0.25, 0.3) is 0 Å². The lowest BCUT2D eigenvalue weighted by molar-refractivity contribution is 0.0992. The molecule has 0 atom stereocenters. The summed E-state index contributed by atoms with van der Waals surface area (Å²) in [6.45, 7) is 0. The molecule has 0 spiro atoms. The number of hydrogen-bond acceptors (Lipinski definition) is 2. The number of ketones is 1. The number of pyridine rings is 1. The van der Waals surface area contributed by atoms with E-state index in [-0.39, 0.29) is 5.78 Å². The van der Waals surface area contributed by atoms with E-state index in [0.29, 0.717) is 6.42 Å². The molecule has 2 nitrogen and oxygen atoms in total. The summed E-state index contributed by atoms with van der Waals surface area (Å²) in [5.41, 5.74) is 1.70. The molecule has 3 heteroatoms. The van der Waals surface area contributed by atoms with Gasteiger partial charge in [0, 0.05) is 28.9 Å². The number of rotatable bonds is 3. The van der Waals surface area contributed by atoms with Crippen molar-refractivity contribution in [3.05, 3.63) is 64.4 Å². The first kappa shape index (κ1) is 11.0. The summed E-state index contributed by atoms with van der Waals surface area (Å²) in [5, 5.41) is 0. The minimum atomic E-state index is 0.110. The summed E-state index contributed by atoms with van der Waals surface area (Å²) >= 11 is 3.38. The monoisotopic (exact) mass is 275 g/mol. The zero-order chi connectivity index (χ0) is 11.4. The minimum Gasteiger partial charge on any atom is -0.294 e. The van der Waals surface area contributed by atoms with E-state index in [2.05, 4.69) is 20.9 Å². The van der Waals surface area contributed by atoms with Crippen molar-refractivity contribution in [1.82, 2.24) is 4.98 Å². The molecule has 1 heterocycles. The normalized spacial score (nSPS) is 10.1. The quantitative estimate of drug-likeness (QED) is 0.805. The van der Waals surface area contributed by atoms with Gasteiger partial charge in [-0.2, -0.15) is 0 Å². The van der Waals surface area contributed by atoms with Crippen molar-refractivity contribution in [3.63, 3.8) is 0 Å². The van der Waals surface area contributed by atoms with Gasteiger partial charge < -0.3 is 0 Å². The average molecular weight is 276 g/mol. The summed E-state index contributed by atoms with van der Waals surface area (Å²) < 4.78 is 0.842. The van der Waals surface area contributed by atoms with Crippen LogP contribution in [-0.2, 0) is 6.42 Å². The topological polar surface area (TPSA) is 30.0 Å². The number of benzene rings is 1. The number of aromatic nitrogens is 1. The van der Waals surface area contributed by atoms with Crippen LogP contribution in [0.1, 0.15) is 15.9 Å². The molecule has 2 rings (SSSR count). The van der Waals surface area contributed by atoms with E-state index in [1.165, 1.54) is 0 Å². The molecule has 0 unspecified atom stereocenters. The molecule has 0 aliphatic carbocycles. The van der Waals surface area contributed by atoms with Crippen molar-refractivity contribution >= 4 is 21.7 Å². The molecule has 1 aromatic heterocycles. The van der Waals surface area contributed by atoms with E-state index in [1.807, 2.05) is 36.4 Å². The van der Waals surface area contributed by atoms with Gasteiger partial charge in [-0.3, -0.25) is 9.78 Å². The average Bonchev–Trinajstić information content (AvgIpc) is 2.31. The van der Waals surface area contributed by atoms with Crippen LogP contribution in [0.4, 0.5) is 0 Å². The van der Waals surface area contributed by atoms with Crippen molar-refractivity contribution in [2.45, 2.75) is 6.42 Å². The highest BCUT2D eigenvalue weighted by molar-refractivity contribution is 9.10. The maximum atomic E-state index is 12.0. The molecule has 80 valence electrons. The number of carbonyl (C=O) groups is 1. The number of Topliss-reactive ketones (excluding diaryl/α,β-unsaturated/α-hetero) is 1. The molecule has 2 aromatic rings. The summed E-state index contributed by atoms with van der Waals surface area (Å²) in [6.07, 6.45) is 3.80.